The molecule has 1 N–H and O–H groups in total. The number of furan rings is 1. The van der Waals surface area contributed by atoms with E-state index >= 15 is 0 Å². The lowest BCUT2D eigenvalue weighted by molar-refractivity contribution is -0.115. The van der Waals surface area contributed by atoms with Gasteiger partial charge >= 0.3 is 0 Å². The molecule has 0 spiro atoms. The molecule has 0 bridgehead atoms. The number of likely N-dealkylation sites (tertiary alicyclic amines) is 1. The molecule has 0 atom stereocenters. The van der Waals surface area contributed by atoms with Gasteiger partial charge in [0, 0.05) is 26.3 Å². The minimum atomic E-state index is -0.292. The number of para-hydroxylation sites is 1. The predicted molar refractivity (Wildman–Crippen MR) is 130 cm³/mol. The maximum Gasteiger partial charge on any atom is 0.255 e. The van der Waals surface area contributed by atoms with Crippen LogP contribution in [0.25, 0.3) is 0 Å². The van der Waals surface area contributed by atoms with Gasteiger partial charge in [0.15, 0.2) is 0 Å². The first-order valence-electron chi connectivity index (χ1n) is 11.1. The first kappa shape index (κ1) is 23.6. The molecule has 8 nitrogen and oxygen atoms in total. The molecule has 2 aromatic heterocycles. The summed E-state index contributed by atoms with van der Waals surface area (Å²) in [5, 5.41) is 3.47. The van der Waals surface area contributed by atoms with Gasteiger partial charge in [-0.1, -0.05) is 23.9 Å². The summed E-state index contributed by atoms with van der Waals surface area (Å²) < 4.78 is 5.25. The number of aromatic nitrogens is 1. The van der Waals surface area contributed by atoms with Crippen molar-refractivity contribution in [2.75, 3.05) is 30.8 Å². The number of anilines is 1. The molecule has 1 aromatic carbocycles. The summed E-state index contributed by atoms with van der Waals surface area (Å²) in [5.41, 5.74) is 1.48. The molecule has 0 saturated carbocycles. The molecule has 1 fully saturated rings. The Kier molecular flexibility index (Phi) is 7.64. The average molecular weight is 479 g/mol. The molecule has 1 aliphatic rings. The molecule has 0 aliphatic carbocycles. The Morgan fingerprint density at radius 2 is 1.88 bits per heavy atom. The highest BCUT2D eigenvalue weighted by molar-refractivity contribution is 7.99. The highest BCUT2D eigenvalue weighted by Gasteiger charge is 2.21. The molecule has 9 heteroatoms. The maximum absolute atomic E-state index is 12.9. The Bertz CT molecular complexity index is 1140. The van der Waals surface area contributed by atoms with Crippen LogP contribution in [0, 0.1) is 0 Å². The molecular weight excluding hydrogens is 452 g/mol. The molecule has 3 aromatic rings. The Morgan fingerprint density at radius 3 is 2.59 bits per heavy atom. The van der Waals surface area contributed by atoms with Crippen molar-refractivity contribution in [3.8, 4) is 0 Å². The number of benzene rings is 1. The normalized spacial score (nSPS) is 13.0. The Hall–Kier alpha value is -3.59. The molecule has 1 saturated heterocycles. The number of hydrogen-bond acceptors (Lipinski definition) is 6. The molecule has 0 unspecified atom stereocenters. The van der Waals surface area contributed by atoms with Crippen molar-refractivity contribution < 1.29 is 18.8 Å². The van der Waals surface area contributed by atoms with Crippen LogP contribution in [-0.2, 0) is 11.3 Å². The largest absolute Gasteiger partial charge is 0.467 e. The molecule has 4 rings (SSSR count). The SMILES string of the molecule is CN(C(=O)CSc1ccc(C(=O)N2CCCC2)cn1)c1ccccc1C(=O)NCc1ccco1. The van der Waals surface area contributed by atoms with Gasteiger partial charge in [0.25, 0.3) is 11.8 Å². The van der Waals surface area contributed by atoms with Gasteiger partial charge in [-0.25, -0.2) is 4.98 Å². The number of amides is 3. The fraction of sp³-hybridized carbons (Fsp3) is 0.280. The van der Waals surface area contributed by atoms with Crippen LogP contribution in [0.1, 0.15) is 39.3 Å². The van der Waals surface area contributed by atoms with Gasteiger partial charge in [-0.3, -0.25) is 14.4 Å². The zero-order valence-electron chi connectivity index (χ0n) is 18.9. The summed E-state index contributed by atoms with van der Waals surface area (Å²) in [6, 6.07) is 14.0. The van der Waals surface area contributed by atoms with Gasteiger partial charge < -0.3 is 19.5 Å². The van der Waals surface area contributed by atoms with Crippen LogP contribution in [0.3, 0.4) is 0 Å². The van der Waals surface area contributed by atoms with Gasteiger partial charge in [0.1, 0.15) is 5.76 Å². The van der Waals surface area contributed by atoms with Crippen LogP contribution >= 0.6 is 11.8 Å². The lowest BCUT2D eigenvalue weighted by Gasteiger charge is -2.20. The number of carbonyl (C=O) groups is 3. The van der Waals surface area contributed by atoms with Gasteiger partial charge in [0.05, 0.1) is 40.4 Å². The third-order valence-corrected chi connectivity index (χ3v) is 6.54. The van der Waals surface area contributed by atoms with Crippen LogP contribution in [0.4, 0.5) is 5.69 Å². The van der Waals surface area contributed by atoms with E-state index in [1.54, 1.807) is 68.0 Å². The second kappa shape index (κ2) is 11.0. The molecule has 1 aliphatic heterocycles. The third-order valence-electron chi connectivity index (χ3n) is 5.61. The molecular formula is C25H26N4O4S. The standard InChI is InChI=1S/C25H26N4O4S/c1-28(21-9-3-2-8-20(21)24(31)27-16-19-7-6-14-33-19)23(30)17-34-22-11-10-18(15-26-22)25(32)29-12-4-5-13-29/h2-3,6-11,14-15H,4-5,12-13,16-17H2,1H3,(H,27,31). The highest BCUT2D eigenvalue weighted by Crippen LogP contribution is 2.23. The zero-order valence-corrected chi connectivity index (χ0v) is 19.7. The maximum atomic E-state index is 12.9. The average Bonchev–Trinajstić information content (AvgIpc) is 3.60. The van der Waals surface area contributed by atoms with E-state index in [0.717, 1.165) is 25.9 Å². The first-order valence-corrected chi connectivity index (χ1v) is 12.1. The van der Waals surface area contributed by atoms with Gasteiger partial charge in [-0.2, -0.15) is 0 Å². The van der Waals surface area contributed by atoms with E-state index in [0.29, 0.717) is 27.6 Å². The van der Waals surface area contributed by atoms with Crippen molar-refractivity contribution in [3.63, 3.8) is 0 Å². The number of thioether (sulfide) groups is 1. The molecule has 34 heavy (non-hydrogen) atoms. The van der Waals surface area contributed by atoms with E-state index in [1.807, 2.05) is 4.90 Å². The predicted octanol–water partition coefficient (Wildman–Crippen LogP) is 3.60. The highest BCUT2D eigenvalue weighted by atomic mass is 32.2. The minimum Gasteiger partial charge on any atom is -0.467 e. The second-order valence-corrected chi connectivity index (χ2v) is 8.90. The summed E-state index contributed by atoms with van der Waals surface area (Å²) in [6.07, 6.45) is 5.19. The van der Waals surface area contributed by atoms with Crippen molar-refractivity contribution in [2.24, 2.45) is 0 Å². The quantitative estimate of drug-likeness (QED) is 0.497. The van der Waals surface area contributed by atoms with E-state index in [4.69, 9.17) is 4.42 Å². The summed E-state index contributed by atoms with van der Waals surface area (Å²) in [4.78, 5) is 45.7. The van der Waals surface area contributed by atoms with Crippen LogP contribution in [0.5, 0.6) is 0 Å². The smallest absolute Gasteiger partial charge is 0.255 e. The van der Waals surface area contributed by atoms with E-state index in [2.05, 4.69) is 10.3 Å². The number of nitrogens with zero attached hydrogens (tertiary/aromatic N) is 3. The number of rotatable bonds is 8. The fourth-order valence-electron chi connectivity index (χ4n) is 3.70. The molecule has 3 amide bonds. The summed E-state index contributed by atoms with van der Waals surface area (Å²) >= 11 is 1.29. The van der Waals surface area contributed by atoms with E-state index < -0.39 is 0 Å². The van der Waals surface area contributed by atoms with Gasteiger partial charge in [0.2, 0.25) is 5.91 Å². The number of carbonyl (C=O) groups excluding carboxylic acids is 3. The fourth-order valence-corrected chi connectivity index (χ4v) is 4.45. The lowest BCUT2D eigenvalue weighted by Crippen LogP contribution is -2.31. The van der Waals surface area contributed by atoms with Crippen LogP contribution in [0.2, 0.25) is 0 Å². The third kappa shape index (κ3) is 5.66. The number of hydrogen-bond donors (Lipinski definition) is 1. The van der Waals surface area contributed by atoms with Crippen molar-refractivity contribution in [1.82, 2.24) is 15.2 Å². The van der Waals surface area contributed by atoms with Crippen molar-refractivity contribution in [3.05, 3.63) is 77.9 Å². The summed E-state index contributed by atoms with van der Waals surface area (Å²) in [6.45, 7) is 1.84. The van der Waals surface area contributed by atoms with Crippen molar-refractivity contribution in [2.45, 2.75) is 24.4 Å². The van der Waals surface area contributed by atoms with Crippen molar-refractivity contribution in [1.29, 1.82) is 0 Å². The summed E-state index contributed by atoms with van der Waals surface area (Å²) in [5.74, 6) is 0.326. The van der Waals surface area contributed by atoms with Crippen LogP contribution in [0.15, 0.2) is 70.4 Å². The number of nitrogens with one attached hydrogen (secondary N) is 1. The van der Waals surface area contributed by atoms with Gasteiger partial charge in [-0.15, -0.1) is 0 Å². The second-order valence-electron chi connectivity index (χ2n) is 7.91. The lowest BCUT2D eigenvalue weighted by atomic mass is 10.1. The van der Waals surface area contributed by atoms with E-state index in [-0.39, 0.29) is 30.0 Å². The Morgan fingerprint density at radius 1 is 1.09 bits per heavy atom. The summed E-state index contributed by atoms with van der Waals surface area (Å²) in [7, 11) is 1.65. The van der Waals surface area contributed by atoms with Crippen molar-refractivity contribution >= 4 is 35.2 Å². The molecule has 176 valence electrons. The van der Waals surface area contributed by atoms with Gasteiger partial charge in [-0.05, 0) is 49.2 Å². The topological polar surface area (TPSA) is 95.8 Å². The van der Waals surface area contributed by atoms with Crippen LogP contribution < -0.4 is 10.2 Å². The molecule has 0 radical (unpaired) electrons. The van der Waals surface area contributed by atoms with Crippen LogP contribution in [-0.4, -0.2) is 53.5 Å². The zero-order chi connectivity index (χ0) is 23.9. The monoisotopic (exact) mass is 478 g/mol. The Labute approximate surface area is 202 Å². The van der Waals surface area contributed by atoms with E-state index in [9.17, 15) is 14.4 Å². The molecule has 3 heterocycles. The number of pyridine rings is 1. The first-order chi connectivity index (χ1) is 16.5. The minimum absolute atomic E-state index is 0.000657. The van der Waals surface area contributed by atoms with E-state index in [1.165, 1.54) is 16.7 Å². The Balaban J connectivity index is 1.34.